The molecule has 1 fully saturated rings. The molecule has 11 heteroatoms. The van der Waals surface area contributed by atoms with Crippen molar-refractivity contribution in [3.8, 4) is 16.8 Å². The lowest BCUT2D eigenvalue weighted by atomic mass is 9.95. The summed E-state index contributed by atoms with van der Waals surface area (Å²) < 4.78 is 26.4. The number of sulfonamides is 1. The molecule has 0 unspecified atom stereocenters. The number of benzene rings is 3. The number of nitrogens with one attached hydrogen (secondary N) is 2. The van der Waals surface area contributed by atoms with Gasteiger partial charge in [-0.2, -0.15) is 5.10 Å². The highest BCUT2D eigenvalue weighted by Gasteiger charge is 2.30. The van der Waals surface area contributed by atoms with Gasteiger partial charge in [0.25, 0.3) is 0 Å². The normalized spacial score (nSPS) is 13.2. The van der Waals surface area contributed by atoms with E-state index in [-0.39, 0.29) is 28.2 Å². The number of halogens is 1. The number of nitrogens with two attached hydrogens (primary N) is 1. The van der Waals surface area contributed by atoms with Crippen LogP contribution in [0.15, 0.2) is 78.0 Å². The first kappa shape index (κ1) is 25.7. The van der Waals surface area contributed by atoms with Crippen molar-refractivity contribution >= 4 is 50.4 Å². The van der Waals surface area contributed by atoms with Crippen molar-refractivity contribution in [2.45, 2.75) is 24.7 Å². The third kappa shape index (κ3) is 5.33. The first-order valence-corrected chi connectivity index (χ1v) is 13.7. The van der Waals surface area contributed by atoms with E-state index in [0.29, 0.717) is 38.8 Å². The lowest BCUT2D eigenvalue weighted by molar-refractivity contribution is -0.117. The summed E-state index contributed by atoms with van der Waals surface area (Å²) in [5.74, 6) is -0.264. The standard InChI is InChI=1S/C27H24ClN5O4S/c1-16(34)26-21(20-5-2-3-7-22(20)28)6-4-8-23(26)31-18-11-12-24(25(13-18)38(29,36)37)33-15-19(14-30-33)32-27(35)17-9-10-17/h2-8,11-15,17,31H,9-10H2,1H3,(H,32,35)(H2,29,36,37). The predicted molar refractivity (Wildman–Crippen MR) is 146 cm³/mol. The molecule has 194 valence electrons. The van der Waals surface area contributed by atoms with Gasteiger partial charge in [-0.1, -0.05) is 41.9 Å². The van der Waals surface area contributed by atoms with E-state index in [9.17, 15) is 18.0 Å². The Hall–Kier alpha value is -3.99. The van der Waals surface area contributed by atoms with Crippen molar-refractivity contribution in [1.29, 1.82) is 0 Å². The Morgan fingerprint density at radius 2 is 1.76 bits per heavy atom. The van der Waals surface area contributed by atoms with E-state index in [0.717, 1.165) is 12.8 Å². The Labute approximate surface area is 224 Å². The summed E-state index contributed by atoms with van der Waals surface area (Å²) in [5, 5.41) is 16.2. The Balaban J connectivity index is 1.51. The smallest absolute Gasteiger partial charge is 0.240 e. The first-order valence-electron chi connectivity index (χ1n) is 11.8. The van der Waals surface area contributed by atoms with Crippen LogP contribution < -0.4 is 15.8 Å². The largest absolute Gasteiger partial charge is 0.355 e. The summed E-state index contributed by atoms with van der Waals surface area (Å²) >= 11 is 6.40. The Morgan fingerprint density at radius 3 is 2.45 bits per heavy atom. The molecule has 1 heterocycles. The third-order valence-electron chi connectivity index (χ3n) is 6.17. The molecule has 5 rings (SSSR count). The minimum absolute atomic E-state index is 0.0139. The van der Waals surface area contributed by atoms with Gasteiger partial charge in [-0.3, -0.25) is 9.59 Å². The van der Waals surface area contributed by atoms with Crippen LogP contribution in [0.3, 0.4) is 0 Å². The molecule has 38 heavy (non-hydrogen) atoms. The van der Waals surface area contributed by atoms with Gasteiger partial charge in [0, 0.05) is 33.4 Å². The third-order valence-corrected chi connectivity index (χ3v) is 7.44. The highest BCUT2D eigenvalue weighted by atomic mass is 35.5. The molecule has 0 atom stereocenters. The number of hydrogen-bond donors (Lipinski definition) is 3. The van der Waals surface area contributed by atoms with Crippen LogP contribution in [-0.4, -0.2) is 29.9 Å². The average molecular weight is 550 g/mol. The van der Waals surface area contributed by atoms with Gasteiger partial charge in [0.15, 0.2) is 5.78 Å². The number of primary sulfonamides is 1. The van der Waals surface area contributed by atoms with Crippen LogP contribution in [0.2, 0.25) is 5.02 Å². The molecule has 3 aromatic carbocycles. The SMILES string of the molecule is CC(=O)c1c(Nc2ccc(-n3cc(NC(=O)C4CC4)cn3)c(S(N)(=O)=O)c2)cccc1-c1ccccc1Cl. The van der Waals surface area contributed by atoms with E-state index in [2.05, 4.69) is 15.7 Å². The van der Waals surface area contributed by atoms with Gasteiger partial charge in [0.05, 0.1) is 23.8 Å². The maximum Gasteiger partial charge on any atom is 0.240 e. The molecule has 1 amide bonds. The number of ketones is 1. The van der Waals surface area contributed by atoms with Crippen LogP contribution in [0.1, 0.15) is 30.1 Å². The molecule has 9 nitrogen and oxygen atoms in total. The van der Waals surface area contributed by atoms with Gasteiger partial charge in [0.1, 0.15) is 4.90 Å². The second-order valence-corrected chi connectivity index (χ2v) is 11.0. The minimum atomic E-state index is -4.17. The fourth-order valence-electron chi connectivity index (χ4n) is 4.21. The van der Waals surface area contributed by atoms with Gasteiger partial charge < -0.3 is 10.6 Å². The monoisotopic (exact) mass is 549 g/mol. The van der Waals surface area contributed by atoms with Gasteiger partial charge in [-0.25, -0.2) is 18.2 Å². The highest BCUT2D eigenvalue weighted by molar-refractivity contribution is 7.89. The van der Waals surface area contributed by atoms with Crippen LogP contribution in [0.5, 0.6) is 0 Å². The van der Waals surface area contributed by atoms with Crippen molar-refractivity contribution in [3.05, 3.63) is 83.6 Å². The maximum atomic E-state index is 12.7. The number of aromatic nitrogens is 2. The minimum Gasteiger partial charge on any atom is -0.355 e. The summed E-state index contributed by atoms with van der Waals surface area (Å²) in [6, 6.07) is 17.1. The fourth-order valence-corrected chi connectivity index (χ4v) is 5.20. The van der Waals surface area contributed by atoms with Gasteiger partial charge in [0.2, 0.25) is 15.9 Å². The quantitative estimate of drug-likeness (QED) is 0.260. The molecule has 4 N–H and O–H groups in total. The summed E-state index contributed by atoms with van der Waals surface area (Å²) in [6.45, 7) is 1.46. The molecule has 0 aliphatic heterocycles. The second kappa shape index (κ2) is 10.1. The number of carbonyl (C=O) groups is 2. The molecule has 0 radical (unpaired) electrons. The topological polar surface area (TPSA) is 136 Å². The molecule has 1 saturated carbocycles. The van der Waals surface area contributed by atoms with E-state index in [1.54, 1.807) is 42.5 Å². The number of Topliss-reactive ketones (excluding diaryl/α,β-unsaturated/α-hetero) is 1. The number of rotatable bonds is 8. The van der Waals surface area contributed by atoms with Crippen molar-refractivity contribution in [2.75, 3.05) is 10.6 Å². The number of amides is 1. The maximum absolute atomic E-state index is 12.7. The first-order chi connectivity index (χ1) is 18.1. The van der Waals surface area contributed by atoms with E-state index in [1.807, 2.05) is 12.1 Å². The average Bonchev–Trinajstić information content (AvgIpc) is 3.63. The zero-order valence-corrected chi connectivity index (χ0v) is 21.9. The van der Waals surface area contributed by atoms with Crippen LogP contribution >= 0.6 is 11.6 Å². The van der Waals surface area contributed by atoms with E-state index in [1.165, 1.54) is 30.1 Å². The molecule has 4 aromatic rings. The predicted octanol–water partition coefficient (Wildman–Crippen LogP) is 5.13. The number of carbonyl (C=O) groups excluding carboxylic acids is 2. The summed E-state index contributed by atoms with van der Waals surface area (Å²) in [4.78, 5) is 24.6. The molecule has 0 bridgehead atoms. The molecule has 1 aliphatic rings. The molecule has 0 saturated heterocycles. The molecule has 0 spiro atoms. The van der Waals surface area contributed by atoms with Crippen LogP contribution in [0.25, 0.3) is 16.8 Å². The lowest BCUT2D eigenvalue weighted by Crippen LogP contribution is -2.16. The number of anilines is 3. The molecule has 1 aliphatic carbocycles. The van der Waals surface area contributed by atoms with Crippen LogP contribution in [0.4, 0.5) is 17.1 Å². The van der Waals surface area contributed by atoms with E-state index >= 15 is 0 Å². The van der Waals surface area contributed by atoms with E-state index in [4.69, 9.17) is 16.7 Å². The summed E-state index contributed by atoms with van der Waals surface area (Å²) in [5.41, 5.74) is 3.29. The Morgan fingerprint density at radius 1 is 1.03 bits per heavy atom. The summed E-state index contributed by atoms with van der Waals surface area (Å²) in [6.07, 6.45) is 4.68. The Bertz CT molecular complexity index is 1680. The Kier molecular flexibility index (Phi) is 6.78. The van der Waals surface area contributed by atoms with Crippen LogP contribution in [-0.2, 0) is 14.8 Å². The summed E-state index contributed by atoms with van der Waals surface area (Å²) in [7, 11) is -4.17. The number of nitrogens with zero attached hydrogens (tertiary/aromatic N) is 2. The van der Waals surface area contributed by atoms with Gasteiger partial charge in [-0.15, -0.1) is 0 Å². The van der Waals surface area contributed by atoms with Crippen molar-refractivity contribution < 1.29 is 18.0 Å². The second-order valence-electron chi connectivity index (χ2n) is 9.05. The van der Waals surface area contributed by atoms with Gasteiger partial charge in [-0.05, 0) is 55.7 Å². The van der Waals surface area contributed by atoms with Crippen molar-refractivity contribution in [1.82, 2.24) is 9.78 Å². The zero-order valence-electron chi connectivity index (χ0n) is 20.3. The zero-order chi connectivity index (χ0) is 27.0. The fraction of sp³-hybridized carbons (Fsp3) is 0.148. The van der Waals surface area contributed by atoms with Crippen molar-refractivity contribution in [3.63, 3.8) is 0 Å². The van der Waals surface area contributed by atoms with Crippen LogP contribution in [0, 0.1) is 5.92 Å². The molecular weight excluding hydrogens is 526 g/mol. The van der Waals surface area contributed by atoms with E-state index < -0.39 is 10.0 Å². The highest BCUT2D eigenvalue weighted by Crippen LogP contribution is 2.36. The number of hydrogen-bond acceptors (Lipinski definition) is 6. The lowest BCUT2D eigenvalue weighted by Gasteiger charge is -2.17. The van der Waals surface area contributed by atoms with Gasteiger partial charge >= 0.3 is 0 Å². The molecular formula is C27H24ClN5O4S. The van der Waals surface area contributed by atoms with Crippen molar-refractivity contribution in [2.24, 2.45) is 11.1 Å². The molecule has 1 aromatic heterocycles.